The first kappa shape index (κ1) is 16.2. The highest BCUT2D eigenvalue weighted by atomic mass is 35.5. The molecule has 1 fully saturated rings. The maximum Gasteiger partial charge on any atom is 0.151 e. The molecule has 2 aromatic carbocycles. The third-order valence-electron chi connectivity index (χ3n) is 3.85. The number of morpholine rings is 1. The number of halogens is 2. The summed E-state index contributed by atoms with van der Waals surface area (Å²) in [6.07, 6.45) is -0.520. The fraction of sp³-hybridized carbons (Fsp3) is 0.333. The zero-order valence-corrected chi connectivity index (χ0v) is 13.6. The van der Waals surface area contributed by atoms with Gasteiger partial charge in [-0.25, -0.2) is 4.39 Å². The van der Waals surface area contributed by atoms with Crippen LogP contribution in [0.4, 0.5) is 4.39 Å². The largest absolute Gasteiger partial charge is 0.481 e. The molecule has 5 heteroatoms. The van der Waals surface area contributed by atoms with Gasteiger partial charge in [0.05, 0.1) is 11.6 Å². The van der Waals surface area contributed by atoms with Crippen molar-refractivity contribution in [3.63, 3.8) is 0 Å². The first-order valence-corrected chi connectivity index (χ1v) is 8.02. The summed E-state index contributed by atoms with van der Waals surface area (Å²) in [5, 5.41) is 3.68. The van der Waals surface area contributed by atoms with E-state index in [9.17, 15) is 4.39 Å². The Kier molecular flexibility index (Phi) is 5.16. The first-order valence-electron chi connectivity index (χ1n) is 7.64. The van der Waals surface area contributed by atoms with Gasteiger partial charge in [0.15, 0.2) is 6.10 Å². The lowest BCUT2D eigenvalue weighted by Crippen LogP contribution is -2.43. The van der Waals surface area contributed by atoms with Gasteiger partial charge in [-0.05, 0) is 24.6 Å². The number of aryl methyl sites for hydroxylation is 1. The molecule has 1 N–H and O–H groups in total. The van der Waals surface area contributed by atoms with Gasteiger partial charge in [0.2, 0.25) is 0 Å². The van der Waals surface area contributed by atoms with Crippen molar-refractivity contribution >= 4 is 11.6 Å². The minimum Gasteiger partial charge on any atom is -0.481 e. The molecule has 23 heavy (non-hydrogen) atoms. The Morgan fingerprint density at radius 3 is 2.74 bits per heavy atom. The van der Waals surface area contributed by atoms with Crippen LogP contribution in [0.1, 0.15) is 17.2 Å². The minimum absolute atomic E-state index is 0.161. The molecule has 0 aliphatic carbocycles. The van der Waals surface area contributed by atoms with Gasteiger partial charge in [0.25, 0.3) is 0 Å². The van der Waals surface area contributed by atoms with Crippen LogP contribution < -0.4 is 10.1 Å². The molecule has 3 nitrogen and oxygen atoms in total. The van der Waals surface area contributed by atoms with Crippen LogP contribution in [0, 0.1) is 12.7 Å². The van der Waals surface area contributed by atoms with E-state index < -0.39 is 0 Å². The van der Waals surface area contributed by atoms with E-state index in [1.54, 1.807) is 0 Å². The lowest BCUT2D eigenvalue weighted by Gasteiger charge is -2.32. The average Bonchev–Trinajstić information content (AvgIpc) is 2.57. The molecule has 2 aromatic rings. The summed E-state index contributed by atoms with van der Waals surface area (Å²) in [4.78, 5) is 0. The van der Waals surface area contributed by atoms with E-state index in [-0.39, 0.29) is 18.0 Å². The Bertz CT molecular complexity index is 657. The summed E-state index contributed by atoms with van der Waals surface area (Å²) in [5.74, 6) is -0.0545. The van der Waals surface area contributed by atoms with Gasteiger partial charge in [-0.1, -0.05) is 41.4 Å². The van der Waals surface area contributed by atoms with Crippen LogP contribution in [-0.4, -0.2) is 25.8 Å². The fourth-order valence-corrected chi connectivity index (χ4v) is 2.76. The van der Waals surface area contributed by atoms with E-state index in [1.165, 1.54) is 23.8 Å². The number of benzene rings is 2. The van der Waals surface area contributed by atoms with Crippen molar-refractivity contribution in [2.75, 3.05) is 19.7 Å². The third-order valence-corrected chi connectivity index (χ3v) is 4.16. The molecule has 0 radical (unpaired) electrons. The van der Waals surface area contributed by atoms with E-state index in [1.807, 2.05) is 31.2 Å². The molecule has 0 unspecified atom stereocenters. The number of rotatable bonds is 4. The highest BCUT2D eigenvalue weighted by molar-refractivity contribution is 6.32. The number of hydrogen-bond donors (Lipinski definition) is 1. The summed E-state index contributed by atoms with van der Waals surface area (Å²) < 4.78 is 25.4. The molecule has 3 rings (SSSR count). The average molecular weight is 336 g/mol. The fourth-order valence-electron chi connectivity index (χ4n) is 2.60. The van der Waals surface area contributed by atoms with Gasteiger partial charge in [0.1, 0.15) is 17.7 Å². The van der Waals surface area contributed by atoms with E-state index in [4.69, 9.17) is 21.1 Å². The summed E-state index contributed by atoms with van der Waals surface area (Å²) in [7, 11) is 0. The quantitative estimate of drug-likeness (QED) is 0.919. The molecule has 0 saturated carbocycles. The summed E-state index contributed by atoms with van der Waals surface area (Å²) in [5.41, 5.74) is 2.14. The van der Waals surface area contributed by atoms with Gasteiger partial charge in [0, 0.05) is 19.2 Å². The molecule has 1 heterocycles. The summed E-state index contributed by atoms with van der Waals surface area (Å²) >= 11 is 6.14. The van der Waals surface area contributed by atoms with Crippen molar-refractivity contribution < 1.29 is 13.9 Å². The SMILES string of the molecule is Cc1ccc([C@H](Oc2cc(F)ccc2Cl)[C@@H]2CNCCO2)cc1. The molecule has 0 aromatic heterocycles. The summed E-state index contributed by atoms with van der Waals surface area (Å²) in [6.45, 7) is 4.14. The molecule has 1 saturated heterocycles. The lowest BCUT2D eigenvalue weighted by molar-refractivity contribution is -0.0432. The predicted molar refractivity (Wildman–Crippen MR) is 88.6 cm³/mol. The second-order valence-corrected chi connectivity index (χ2v) is 6.04. The molecule has 1 aliphatic heterocycles. The van der Waals surface area contributed by atoms with Crippen LogP contribution in [0.25, 0.3) is 0 Å². The highest BCUT2D eigenvalue weighted by Gasteiger charge is 2.28. The van der Waals surface area contributed by atoms with E-state index >= 15 is 0 Å². The lowest BCUT2D eigenvalue weighted by atomic mass is 10.0. The van der Waals surface area contributed by atoms with Crippen LogP contribution in [0.3, 0.4) is 0 Å². The maximum atomic E-state index is 13.5. The molecule has 0 spiro atoms. The highest BCUT2D eigenvalue weighted by Crippen LogP contribution is 2.32. The van der Waals surface area contributed by atoms with Crippen molar-refractivity contribution in [2.45, 2.75) is 19.1 Å². The van der Waals surface area contributed by atoms with Crippen molar-refractivity contribution in [3.8, 4) is 5.75 Å². The third kappa shape index (κ3) is 4.02. The molecule has 0 bridgehead atoms. The van der Waals surface area contributed by atoms with Crippen LogP contribution in [0.2, 0.25) is 5.02 Å². The number of nitrogens with one attached hydrogen (secondary N) is 1. The second-order valence-electron chi connectivity index (χ2n) is 5.64. The Balaban J connectivity index is 1.90. The number of ether oxygens (including phenoxy) is 2. The smallest absolute Gasteiger partial charge is 0.151 e. The van der Waals surface area contributed by atoms with E-state index in [2.05, 4.69) is 5.32 Å². The molecule has 2 atom stereocenters. The van der Waals surface area contributed by atoms with Crippen molar-refractivity contribution in [1.29, 1.82) is 0 Å². The molecule has 1 aliphatic rings. The Hall–Kier alpha value is -1.62. The second kappa shape index (κ2) is 7.30. The van der Waals surface area contributed by atoms with Crippen molar-refractivity contribution in [1.82, 2.24) is 5.32 Å². The van der Waals surface area contributed by atoms with Gasteiger partial charge in [-0.2, -0.15) is 0 Å². The standard InChI is InChI=1S/C18H19ClFNO2/c1-12-2-4-13(5-3-12)18(17-11-21-8-9-22-17)23-16-10-14(20)6-7-15(16)19/h2-7,10,17-18,21H,8-9,11H2,1H3/t17-,18-/m0/s1. The van der Waals surface area contributed by atoms with E-state index in [0.717, 1.165) is 12.1 Å². The molecule has 122 valence electrons. The zero-order valence-electron chi connectivity index (χ0n) is 12.9. The van der Waals surface area contributed by atoms with Gasteiger partial charge in [-0.15, -0.1) is 0 Å². The van der Waals surface area contributed by atoms with Crippen LogP contribution in [0.15, 0.2) is 42.5 Å². The topological polar surface area (TPSA) is 30.5 Å². The van der Waals surface area contributed by atoms with Gasteiger partial charge >= 0.3 is 0 Å². The van der Waals surface area contributed by atoms with Crippen LogP contribution >= 0.6 is 11.6 Å². The Morgan fingerprint density at radius 2 is 2.04 bits per heavy atom. The Labute approximate surface area is 140 Å². The number of hydrogen-bond acceptors (Lipinski definition) is 3. The minimum atomic E-state index is -0.380. The maximum absolute atomic E-state index is 13.5. The molecular formula is C18H19ClFNO2. The molecule has 0 amide bonds. The van der Waals surface area contributed by atoms with Crippen LogP contribution in [-0.2, 0) is 4.74 Å². The first-order chi connectivity index (χ1) is 11.1. The van der Waals surface area contributed by atoms with Crippen LogP contribution in [0.5, 0.6) is 5.75 Å². The normalized spacial score (nSPS) is 19.3. The van der Waals surface area contributed by atoms with Gasteiger partial charge < -0.3 is 14.8 Å². The summed E-state index contributed by atoms with van der Waals surface area (Å²) in [6, 6.07) is 12.2. The van der Waals surface area contributed by atoms with Crippen molar-refractivity contribution in [2.24, 2.45) is 0 Å². The zero-order chi connectivity index (χ0) is 16.2. The van der Waals surface area contributed by atoms with Gasteiger partial charge in [-0.3, -0.25) is 0 Å². The monoisotopic (exact) mass is 335 g/mol. The Morgan fingerprint density at radius 1 is 1.26 bits per heavy atom. The molecular weight excluding hydrogens is 317 g/mol. The van der Waals surface area contributed by atoms with Crippen molar-refractivity contribution in [3.05, 3.63) is 64.4 Å². The van der Waals surface area contributed by atoms with E-state index in [0.29, 0.717) is 23.9 Å². The predicted octanol–water partition coefficient (Wildman–Crippen LogP) is 3.90.